The summed E-state index contributed by atoms with van der Waals surface area (Å²) in [5.74, 6) is 0.612. The highest BCUT2D eigenvalue weighted by atomic mass is 79.9. The maximum absolute atomic E-state index is 12.6. The number of rotatable bonds is 4. The van der Waals surface area contributed by atoms with Crippen molar-refractivity contribution in [3.8, 4) is 0 Å². The van der Waals surface area contributed by atoms with Crippen LogP contribution in [-0.4, -0.2) is 50.3 Å². The molecule has 1 heterocycles. The Bertz CT molecular complexity index is 552. The molecule has 1 aromatic rings. The van der Waals surface area contributed by atoms with Crippen molar-refractivity contribution in [2.24, 2.45) is 5.92 Å². The van der Waals surface area contributed by atoms with Gasteiger partial charge in [-0.15, -0.1) is 0 Å². The van der Waals surface area contributed by atoms with E-state index in [0.29, 0.717) is 28.4 Å². The van der Waals surface area contributed by atoms with E-state index in [-0.39, 0.29) is 0 Å². The first-order valence-electron chi connectivity index (χ1n) is 6.88. The van der Waals surface area contributed by atoms with E-state index in [1.54, 1.807) is 22.5 Å². The second-order valence-electron chi connectivity index (χ2n) is 5.53. The van der Waals surface area contributed by atoms with Gasteiger partial charge in [0.1, 0.15) is 0 Å². The van der Waals surface area contributed by atoms with Crippen LogP contribution in [0.2, 0.25) is 0 Å². The molecule has 1 fully saturated rings. The lowest BCUT2D eigenvalue weighted by atomic mass is 10.2. The lowest BCUT2D eigenvalue weighted by molar-refractivity contribution is 0.172. The summed E-state index contributed by atoms with van der Waals surface area (Å²) in [6.45, 7) is 8.15. The zero-order valence-corrected chi connectivity index (χ0v) is 14.3. The monoisotopic (exact) mass is 360 g/mol. The molecule has 112 valence electrons. The van der Waals surface area contributed by atoms with Crippen molar-refractivity contribution >= 4 is 26.0 Å². The van der Waals surface area contributed by atoms with Crippen molar-refractivity contribution in [1.82, 2.24) is 9.21 Å². The number of benzene rings is 1. The number of hydrogen-bond acceptors (Lipinski definition) is 3. The van der Waals surface area contributed by atoms with Gasteiger partial charge in [0.15, 0.2) is 0 Å². The van der Waals surface area contributed by atoms with Crippen LogP contribution in [0.25, 0.3) is 0 Å². The van der Waals surface area contributed by atoms with Crippen LogP contribution in [0.15, 0.2) is 33.6 Å². The predicted molar refractivity (Wildman–Crippen MR) is 84.2 cm³/mol. The molecule has 2 rings (SSSR count). The lowest BCUT2D eigenvalue weighted by Gasteiger charge is -2.34. The van der Waals surface area contributed by atoms with Gasteiger partial charge in [-0.25, -0.2) is 8.42 Å². The van der Waals surface area contributed by atoms with E-state index in [4.69, 9.17) is 0 Å². The van der Waals surface area contributed by atoms with Gasteiger partial charge in [-0.3, -0.25) is 0 Å². The van der Waals surface area contributed by atoms with Gasteiger partial charge >= 0.3 is 0 Å². The molecule has 0 aromatic heterocycles. The summed E-state index contributed by atoms with van der Waals surface area (Å²) in [4.78, 5) is 2.69. The fourth-order valence-electron chi connectivity index (χ4n) is 2.46. The molecule has 1 aliphatic rings. The van der Waals surface area contributed by atoms with Gasteiger partial charge in [-0.1, -0.05) is 26.0 Å². The standard InChI is InChI=1S/C14H21BrN2O2S/c1-12(2)11-16-7-9-17(10-8-16)20(18,19)14-6-4-3-5-13(14)15/h3-6,12H,7-11H2,1-2H3. The number of piperazine rings is 1. The highest BCUT2D eigenvalue weighted by Crippen LogP contribution is 2.25. The van der Waals surface area contributed by atoms with Crippen LogP contribution in [0, 0.1) is 5.92 Å². The molecule has 0 N–H and O–H groups in total. The Labute approximate surface area is 129 Å². The normalized spacial score (nSPS) is 18.6. The second kappa shape index (κ2) is 6.56. The summed E-state index contributed by atoms with van der Waals surface area (Å²) in [5, 5.41) is 0. The van der Waals surface area contributed by atoms with Gasteiger partial charge in [0, 0.05) is 37.2 Å². The fourth-order valence-corrected chi connectivity index (χ4v) is 4.85. The maximum atomic E-state index is 12.6. The van der Waals surface area contributed by atoms with Crippen LogP contribution in [-0.2, 0) is 10.0 Å². The Balaban J connectivity index is 2.08. The van der Waals surface area contributed by atoms with Gasteiger partial charge in [-0.05, 0) is 34.0 Å². The van der Waals surface area contributed by atoms with Crippen LogP contribution >= 0.6 is 15.9 Å². The minimum absolute atomic E-state index is 0.359. The minimum Gasteiger partial charge on any atom is -0.300 e. The molecule has 1 aliphatic heterocycles. The van der Waals surface area contributed by atoms with Gasteiger partial charge in [0.2, 0.25) is 10.0 Å². The van der Waals surface area contributed by atoms with Crippen molar-refractivity contribution in [3.63, 3.8) is 0 Å². The first kappa shape index (κ1) is 15.9. The summed E-state index contributed by atoms with van der Waals surface area (Å²) in [6.07, 6.45) is 0. The molecule has 6 heteroatoms. The Kier molecular flexibility index (Phi) is 5.23. The molecule has 0 saturated carbocycles. The molecule has 20 heavy (non-hydrogen) atoms. The Morgan fingerprint density at radius 3 is 2.30 bits per heavy atom. The van der Waals surface area contributed by atoms with Crippen LogP contribution in [0.1, 0.15) is 13.8 Å². The van der Waals surface area contributed by atoms with Crippen LogP contribution < -0.4 is 0 Å². The molecular weight excluding hydrogens is 340 g/mol. The molecule has 4 nitrogen and oxygen atoms in total. The minimum atomic E-state index is -3.38. The van der Waals surface area contributed by atoms with Gasteiger partial charge in [0.25, 0.3) is 0 Å². The average Bonchev–Trinajstić information content (AvgIpc) is 2.39. The number of nitrogens with zero attached hydrogens (tertiary/aromatic N) is 2. The second-order valence-corrected chi connectivity index (χ2v) is 8.29. The van der Waals surface area contributed by atoms with Crippen molar-refractivity contribution in [2.45, 2.75) is 18.7 Å². The Hall–Kier alpha value is -0.430. The van der Waals surface area contributed by atoms with E-state index < -0.39 is 10.0 Å². The Morgan fingerprint density at radius 2 is 1.75 bits per heavy atom. The van der Waals surface area contributed by atoms with Crippen molar-refractivity contribution < 1.29 is 8.42 Å². The molecule has 0 spiro atoms. The van der Waals surface area contributed by atoms with Gasteiger partial charge in [0.05, 0.1) is 4.90 Å². The molecule has 0 atom stereocenters. The van der Waals surface area contributed by atoms with Crippen molar-refractivity contribution in [2.75, 3.05) is 32.7 Å². The zero-order chi connectivity index (χ0) is 14.8. The number of sulfonamides is 1. The van der Waals surface area contributed by atoms with Crippen LogP contribution in [0.5, 0.6) is 0 Å². The molecule has 0 unspecified atom stereocenters. The van der Waals surface area contributed by atoms with E-state index in [9.17, 15) is 8.42 Å². The van der Waals surface area contributed by atoms with Crippen molar-refractivity contribution in [3.05, 3.63) is 28.7 Å². The maximum Gasteiger partial charge on any atom is 0.244 e. The molecule has 1 aromatic carbocycles. The number of halogens is 1. The fraction of sp³-hybridized carbons (Fsp3) is 0.571. The number of hydrogen-bond donors (Lipinski definition) is 0. The lowest BCUT2D eigenvalue weighted by Crippen LogP contribution is -2.49. The summed E-state index contributed by atoms with van der Waals surface area (Å²) < 4.78 is 27.4. The summed E-state index contributed by atoms with van der Waals surface area (Å²) in [7, 11) is -3.38. The first-order chi connectivity index (χ1) is 9.41. The Morgan fingerprint density at radius 1 is 1.15 bits per heavy atom. The van der Waals surface area contributed by atoms with E-state index in [0.717, 1.165) is 19.6 Å². The third-order valence-corrected chi connectivity index (χ3v) is 6.32. The van der Waals surface area contributed by atoms with E-state index in [2.05, 4.69) is 34.7 Å². The van der Waals surface area contributed by atoms with Crippen LogP contribution in [0.3, 0.4) is 0 Å². The van der Waals surface area contributed by atoms with Crippen molar-refractivity contribution in [1.29, 1.82) is 0 Å². The summed E-state index contributed by atoms with van der Waals surface area (Å²) in [5.41, 5.74) is 0. The first-order valence-corrected chi connectivity index (χ1v) is 9.11. The van der Waals surface area contributed by atoms with E-state index in [1.165, 1.54) is 0 Å². The average molecular weight is 361 g/mol. The SMILES string of the molecule is CC(C)CN1CCN(S(=O)(=O)c2ccccc2Br)CC1. The smallest absolute Gasteiger partial charge is 0.244 e. The van der Waals surface area contributed by atoms with E-state index in [1.807, 2.05) is 6.07 Å². The third-order valence-electron chi connectivity index (χ3n) is 3.41. The van der Waals surface area contributed by atoms with E-state index >= 15 is 0 Å². The highest BCUT2D eigenvalue weighted by molar-refractivity contribution is 9.10. The highest BCUT2D eigenvalue weighted by Gasteiger charge is 2.29. The predicted octanol–water partition coefficient (Wildman–Crippen LogP) is 2.41. The van der Waals surface area contributed by atoms with Crippen LogP contribution in [0.4, 0.5) is 0 Å². The molecule has 0 amide bonds. The summed E-state index contributed by atoms with van der Waals surface area (Å²) in [6, 6.07) is 7.00. The molecular formula is C14H21BrN2O2S. The largest absolute Gasteiger partial charge is 0.300 e. The molecule has 0 bridgehead atoms. The molecule has 0 aliphatic carbocycles. The zero-order valence-electron chi connectivity index (χ0n) is 11.9. The summed E-state index contributed by atoms with van der Waals surface area (Å²) >= 11 is 3.33. The topological polar surface area (TPSA) is 40.6 Å². The third kappa shape index (κ3) is 3.61. The van der Waals surface area contributed by atoms with Gasteiger partial charge < -0.3 is 4.90 Å². The molecule has 1 saturated heterocycles. The molecule has 0 radical (unpaired) electrons. The van der Waals surface area contributed by atoms with Gasteiger partial charge in [-0.2, -0.15) is 4.31 Å². The quantitative estimate of drug-likeness (QED) is 0.827.